The Bertz CT molecular complexity index is 671. The number of amides is 1. The first-order valence-electron chi connectivity index (χ1n) is 9.49. The van der Waals surface area contributed by atoms with E-state index in [9.17, 15) is 14.9 Å². The van der Waals surface area contributed by atoms with Crippen molar-refractivity contribution in [1.29, 1.82) is 0 Å². The van der Waals surface area contributed by atoms with E-state index in [2.05, 4.69) is 11.8 Å². The van der Waals surface area contributed by atoms with Crippen molar-refractivity contribution in [2.75, 3.05) is 26.7 Å². The number of hydrogen-bond donors (Lipinski definition) is 0. The third-order valence-electron chi connectivity index (χ3n) is 4.90. The summed E-state index contributed by atoms with van der Waals surface area (Å²) < 4.78 is 5.43. The molecular formula is C20H31N3O4. The van der Waals surface area contributed by atoms with Gasteiger partial charge in [0.05, 0.1) is 4.92 Å². The molecule has 0 saturated carbocycles. The molecule has 0 bridgehead atoms. The number of carbonyl (C=O) groups is 1. The molecule has 2 unspecified atom stereocenters. The lowest BCUT2D eigenvalue weighted by atomic mass is 9.94. The molecule has 2 atom stereocenters. The van der Waals surface area contributed by atoms with Gasteiger partial charge in [-0.05, 0) is 58.6 Å². The molecule has 1 aromatic rings. The average Bonchev–Trinajstić information content (AvgIpc) is 2.60. The van der Waals surface area contributed by atoms with Crippen LogP contribution in [0.25, 0.3) is 0 Å². The maximum Gasteiger partial charge on any atom is 0.410 e. The quantitative estimate of drug-likeness (QED) is 0.567. The molecule has 7 heteroatoms. The minimum atomic E-state index is -0.500. The zero-order valence-corrected chi connectivity index (χ0v) is 17.0. The molecular weight excluding hydrogens is 346 g/mol. The van der Waals surface area contributed by atoms with Crippen LogP contribution in [-0.2, 0) is 4.74 Å². The average molecular weight is 377 g/mol. The third-order valence-corrected chi connectivity index (χ3v) is 4.90. The van der Waals surface area contributed by atoms with Crippen LogP contribution in [-0.4, -0.2) is 53.1 Å². The highest BCUT2D eigenvalue weighted by Gasteiger charge is 2.28. The van der Waals surface area contributed by atoms with Crippen molar-refractivity contribution < 1.29 is 14.5 Å². The van der Waals surface area contributed by atoms with Crippen LogP contribution in [0.15, 0.2) is 24.3 Å². The van der Waals surface area contributed by atoms with Crippen LogP contribution in [0, 0.1) is 16.0 Å². The third kappa shape index (κ3) is 6.20. The van der Waals surface area contributed by atoms with Crippen molar-refractivity contribution in [1.82, 2.24) is 9.80 Å². The van der Waals surface area contributed by atoms with E-state index >= 15 is 0 Å². The Hall–Kier alpha value is -2.15. The highest BCUT2D eigenvalue weighted by atomic mass is 16.6. The van der Waals surface area contributed by atoms with Gasteiger partial charge < -0.3 is 9.64 Å². The normalized spacial score (nSPS) is 19.4. The van der Waals surface area contributed by atoms with Crippen molar-refractivity contribution in [3.8, 4) is 0 Å². The Morgan fingerprint density at radius 2 is 2.15 bits per heavy atom. The summed E-state index contributed by atoms with van der Waals surface area (Å²) in [4.78, 5) is 26.9. The summed E-state index contributed by atoms with van der Waals surface area (Å²) in [6.45, 7) is 10.1. The maximum absolute atomic E-state index is 12.2. The molecule has 0 N–H and O–H groups in total. The first-order chi connectivity index (χ1) is 12.6. The number of ether oxygens (including phenoxy) is 1. The second-order valence-corrected chi connectivity index (χ2v) is 8.39. The molecule has 150 valence electrons. The number of non-ortho nitro benzene ring substituents is 1. The molecule has 0 aliphatic carbocycles. The summed E-state index contributed by atoms with van der Waals surface area (Å²) >= 11 is 0. The highest BCUT2D eigenvalue weighted by Crippen LogP contribution is 2.29. The zero-order chi connectivity index (χ0) is 20.2. The van der Waals surface area contributed by atoms with Crippen molar-refractivity contribution in [3.05, 3.63) is 39.9 Å². The van der Waals surface area contributed by atoms with E-state index in [0.717, 1.165) is 31.5 Å². The van der Waals surface area contributed by atoms with Gasteiger partial charge in [-0.2, -0.15) is 0 Å². The summed E-state index contributed by atoms with van der Waals surface area (Å²) in [7, 11) is 1.77. The molecule has 1 aliphatic rings. The number of benzene rings is 1. The van der Waals surface area contributed by atoms with Gasteiger partial charge in [0.1, 0.15) is 5.60 Å². The Morgan fingerprint density at radius 3 is 2.78 bits per heavy atom. The Labute approximate surface area is 161 Å². The highest BCUT2D eigenvalue weighted by molar-refractivity contribution is 5.67. The first-order valence-corrected chi connectivity index (χ1v) is 9.49. The van der Waals surface area contributed by atoms with E-state index < -0.39 is 5.60 Å². The van der Waals surface area contributed by atoms with Crippen LogP contribution in [0.4, 0.5) is 10.5 Å². The molecule has 1 heterocycles. The van der Waals surface area contributed by atoms with Crippen molar-refractivity contribution in [2.24, 2.45) is 5.92 Å². The van der Waals surface area contributed by atoms with Gasteiger partial charge in [-0.1, -0.05) is 12.1 Å². The molecule has 1 amide bonds. The number of nitrogens with zero attached hydrogens (tertiary/aromatic N) is 3. The monoisotopic (exact) mass is 377 g/mol. The molecule has 2 rings (SSSR count). The molecule has 0 radical (unpaired) electrons. The predicted molar refractivity (Wildman–Crippen MR) is 105 cm³/mol. The van der Waals surface area contributed by atoms with Gasteiger partial charge in [-0.3, -0.25) is 15.0 Å². The molecule has 27 heavy (non-hydrogen) atoms. The Kier molecular flexibility index (Phi) is 6.81. The van der Waals surface area contributed by atoms with Crippen LogP contribution in [0.1, 0.15) is 52.1 Å². The first kappa shape index (κ1) is 21.2. The van der Waals surface area contributed by atoms with Gasteiger partial charge >= 0.3 is 6.09 Å². The number of nitro benzene ring substituents is 1. The second-order valence-electron chi connectivity index (χ2n) is 8.39. The number of piperidine rings is 1. The van der Waals surface area contributed by atoms with Crippen LogP contribution in [0.3, 0.4) is 0 Å². The van der Waals surface area contributed by atoms with Gasteiger partial charge in [0, 0.05) is 38.3 Å². The van der Waals surface area contributed by atoms with Crippen molar-refractivity contribution in [3.63, 3.8) is 0 Å². The summed E-state index contributed by atoms with van der Waals surface area (Å²) in [5.74, 6) is 0.359. The van der Waals surface area contributed by atoms with E-state index in [1.807, 2.05) is 26.8 Å². The fourth-order valence-corrected chi connectivity index (χ4v) is 3.51. The minimum Gasteiger partial charge on any atom is -0.444 e. The van der Waals surface area contributed by atoms with E-state index in [-0.39, 0.29) is 22.7 Å². The van der Waals surface area contributed by atoms with Crippen molar-refractivity contribution in [2.45, 2.75) is 52.2 Å². The smallest absolute Gasteiger partial charge is 0.410 e. The van der Waals surface area contributed by atoms with Crippen LogP contribution in [0.2, 0.25) is 0 Å². The number of nitro groups is 1. The molecule has 1 saturated heterocycles. The molecule has 1 aromatic carbocycles. The second kappa shape index (κ2) is 8.69. The lowest BCUT2D eigenvalue weighted by Crippen LogP contribution is -2.43. The van der Waals surface area contributed by atoms with Gasteiger partial charge in [0.15, 0.2) is 0 Å². The molecule has 0 aromatic heterocycles. The van der Waals surface area contributed by atoms with E-state index in [1.165, 1.54) is 6.07 Å². The maximum atomic E-state index is 12.2. The largest absolute Gasteiger partial charge is 0.444 e. The lowest BCUT2D eigenvalue weighted by molar-refractivity contribution is -0.385. The summed E-state index contributed by atoms with van der Waals surface area (Å²) in [5, 5.41) is 11.0. The topological polar surface area (TPSA) is 75.9 Å². The summed E-state index contributed by atoms with van der Waals surface area (Å²) in [6.07, 6.45) is 1.81. The number of rotatable bonds is 5. The van der Waals surface area contributed by atoms with Crippen molar-refractivity contribution >= 4 is 11.8 Å². The van der Waals surface area contributed by atoms with E-state index in [4.69, 9.17) is 4.74 Å². The molecule has 1 fully saturated rings. The fourth-order valence-electron chi connectivity index (χ4n) is 3.51. The number of likely N-dealkylation sites (tertiary alicyclic amines) is 1. The lowest BCUT2D eigenvalue weighted by Gasteiger charge is -2.38. The van der Waals surface area contributed by atoms with Crippen LogP contribution in [0.5, 0.6) is 0 Å². The summed E-state index contributed by atoms with van der Waals surface area (Å²) in [5.41, 5.74) is 0.573. The van der Waals surface area contributed by atoms with E-state index in [0.29, 0.717) is 12.5 Å². The fraction of sp³-hybridized carbons (Fsp3) is 0.650. The standard InChI is InChI=1S/C20H31N3O4/c1-15(17-9-6-10-18(12-17)23(25)26)22-11-7-8-16(14-22)13-21(5)19(24)27-20(2,3)4/h6,9-10,12,15-16H,7-8,11,13-14H2,1-5H3. The van der Waals surface area contributed by atoms with E-state index in [1.54, 1.807) is 24.1 Å². The number of hydrogen-bond acceptors (Lipinski definition) is 5. The molecule has 7 nitrogen and oxygen atoms in total. The zero-order valence-electron chi connectivity index (χ0n) is 17.0. The van der Waals surface area contributed by atoms with Gasteiger partial charge in [0.25, 0.3) is 5.69 Å². The van der Waals surface area contributed by atoms with Crippen LogP contribution < -0.4 is 0 Å². The summed E-state index contributed by atoms with van der Waals surface area (Å²) in [6, 6.07) is 6.95. The predicted octanol–water partition coefficient (Wildman–Crippen LogP) is 4.23. The Balaban J connectivity index is 1.98. The van der Waals surface area contributed by atoms with Gasteiger partial charge in [-0.25, -0.2) is 4.79 Å². The van der Waals surface area contributed by atoms with Gasteiger partial charge in [0.2, 0.25) is 0 Å². The molecule has 1 aliphatic heterocycles. The molecule has 0 spiro atoms. The number of carbonyl (C=O) groups excluding carboxylic acids is 1. The Morgan fingerprint density at radius 1 is 1.44 bits per heavy atom. The minimum absolute atomic E-state index is 0.0968. The SMILES string of the molecule is CC(c1cccc([N+](=O)[O-])c1)N1CCCC(CN(C)C(=O)OC(C)(C)C)C1. The van der Waals surface area contributed by atoms with Crippen LogP contribution >= 0.6 is 0 Å². The van der Waals surface area contributed by atoms with Gasteiger partial charge in [-0.15, -0.1) is 0 Å².